The van der Waals surface area contributed by atoms with Crippen molar-refractivity contribution in [1.29, 1.82) is 0 Å². The van der Waals surface area contributed by atoms with Gasteiger partial charge < -0.3 is 9.47 Å². The first-order valence-electron chi connectivity index (χ1n) is 11.9. The monoisotopic (exact) mass is 488 g/mol. The number of hydrogen-bond donors (Lipinski definition) is 0. The summed E-state index contributed by atoms with van der Waals surface area (Å²) in [6.45, 7) is 7.07. The summed E-state index contributed by atoms with van der Waals surface area (Å²) in [5.41, 5.74) is 1.04. The quantitative estimate of drug-likeness (QED) is 0.153. The van der Waals surface area contributed by atoms with E-state index >= 15 is 0 Å². The highest BCUT2D eigenvalue weighted by atomic mass is 31.1. The molecule has 0 aromatic heterocycles. The van der Waals surface area contributed by atoms with Crippen LogP contribution in [0.25, 0.3) is 0 Å². The second kappa shape index (κ2) is 13.0. The fourth-order valence-corrected chi connectivity index (χ4v) is 6.39. The van der Waals surface area contributed by atoms with Gasteiger partial charge in [-0.2, -0.15) is 0 Å². The Morgan fingerprint density at radius 3 is 1.43 bits per heavy atom. The number of rotatable bonds is 10. The summed E-state index contributed by atoms with van der Waals surface area (Å²) >= 11 is 0. The maximum atomic E-state index is 12.9. The minimum atomic E-state index is -1.13. The first-order valence-corrected chi connectivity index (χ1v) is 13.3. The number of hydrogen-bond acceptors (Lipinski definition) is 4. The molecule has 0 N–H and O–H groups in total. The van der Waals surface area contributed by atoms with Crippen molar-refractivity contribution in [3.8, 4) is 0 Å². The summed E-state index contributed by atoms with van der Waals surface area (Å²) in [4.78, 5) is 25.7. The smallest absolute Gasteiger partial charge is 0.324 e. The fourth-order valence-electron chi connectivity index (χ4n) is 3.72. The van der Waals surface area contributed by atoms with E-state index in [1.165, 1.54) is 10.6 Å². The second-order valence-corrected chi connectivity index (χ2v) is 11.1. The van der Waals surface area contributed by atoms with Gasteiger partial charge in [0.1, 0.15) is 0 Å². The maximum absolute atomic E-state index is 12.9. The molecule has 0 heterocycles. The molecule has 0 aliphatic carbocycles. The third kappa shape index (κ3) is 7.63. The van der Waals surface area contributed by atoms with Crippen molar-refractivity contribution in [2.75, 3.05) is 0 Å². The van der Waals surface area contributed by atoms with Gasteiger partial charge in [-0.1, -0.05) is 103 Å². The molecule has 0 saturated heterocycles. The summed E-state index contributed by atoms with van der Waals surface area (Å²) < 4.78 is 10.8. The van der Waals surface area contributed by atoms with E-state index in [9.17, 15) is 9.59 Å². The van der Waals surface area contributed by atoms with Gasteiger partial charge in [-0.3, -0.25) is 9.59 Å². The van der Waals surface area contributed by atoms with Gasteiger partial charge in [-0.05, 0) is 51.8 Å². The van der Waals surface area contributed by atoms with Crippen LogP contribution in [0.15, 0.2) is 103 Å². The summed E-state index contributed by atoms with van der Waals surface area (Å²) in [6, 6.07) is 30.9. The van der Waals surface area contributed by atoms with Gasteiger partial charge in [0.15, 0.2) is 5.92 Å². The van der Waals surface area contributed by atoms with E-state index in [0.717, 1.165) is 5.56 Å². The molecule has 35 heavy (non-hydrogen) atoms. The highest BCUT2D eigenvalue weighted by Crippen LogP contribution is 2.50. The van der Waals surface area contributed by atoms with Crippen molar-refractivity contribution in [2.45, 2.75) is 45.6 Å². The lowest BCUT2D eigenvalue weighted by Crippen LogP contribution is -2.30. The molecule has 182 valence electrons. The van der Waals surface area contributed by atoms with Gasteiger partial charge in [0.2, 0.25) is 0 Å². The Labute approximate surface area is 209 Å². The highest BCUT2D eigenvalue weighted by Gasteiger charge is 2.31. The number of allylic oxidation sites excluding steroid dienone is 1. The van der Waals surface area contributed by atoms with Crippen molar-refractivity contribution in [3.63, 3.8) is 0 Å². The lowest BCUT2D eigenvalue weighted by Gasteiger charge is -2.27. The molecule has 5 heteroatoms. The third-order valence-electron chi connectivity index (χ3n) is 5.19. The third-order valence-corrected chi connectivity index (χ3v) is 7.92. The molecule has 0 fully saturated rings. The number of benzene rings is 3. The molecule has 1 atom stereocenters. The number of ether oxygens (including phenoxy) is 2. The normalized spacial score (nSPS) is 12.5. The summed E-state index contributed by atoms with van der Waals surface area (Å²) in [7, 11) is -0.884. The molecular weight excluding hydrogens is 455 g/mol. The first kappa shape index (κ1) is 26.4. The number of carbonyl (C=O) groups is 2. The molecule has 0 saturated carbocycles. The van der Waals surface area contributed by atoms with Crippen LogP contribution in [0, 0.1) is 5.92 Å². The van der Waals surface area contributed by atoms with Crippen molar-refractivity contribution in [3.05, 3.63) is 109 Å². The molecule has 0 spiro atoms. The topological polar surface area (TPSA) is 52.6 Å². The van der Waals surface area contributed by atoms with Crippen LogP contribution < -0.4 is 10.6 Å². The average Bonchev–Trinajstić information content (AvgIpc) is 2.84. The Kier molecular flexibility index (Phi) is 9.81. The standard InChI is InChI=1S/C30H33O4P/c1-22(2)33-29(31)27(30(32)34-23(3)4)20-21-28(24-14-8-5-9-15-24)35(25-16-10-6-11-17-25)26-18-12-7-13-19-26/h5-23,27-28H,1-4H3/b21-20+. The molecule has 3 aromatic rings. The zero-order valence-corrected chi connectivity index (χ0v) is 21.6. The summed E-state index contributed by atoms with van der Waals surface area (Å²) in [5, 5.41) is 2.41. The molecule has 1 unspecified atom stereocenters. The van der Waals surface area contributed by atoms with Gasteiger partial charge in [-0.25, -0.2) is 0 Å². The lowest BCUT2D eigenvalue weighted by molar-refractivity contribution is -0.163. The largest absolute Gasteiger partial charge is 0.462 e. The molecule has 4 nitrogen and oxygen atoms in total. The van der Waals surface area contributed by atoms with Crippen LogP contribution in [0.5, 0.6) is 0 Å². The molecule has 0 amide bonds. The molecule has 3 rings (SSSR count). The Bertz CT molecular complexity index is 1030. The van der Waals surface area contributed by atoms with Gasteiger partial charge in [0.05, 0.1) is 12.2 Å². The van der Waals surface area contributed by atoms with Crippen LogP contribution in [0.4, 0.5) is 0 Å². The first-order chi connectivity index (χ1) is 16.9. The van der Waals surface area contributed by atoms with E-state index < -0.39 is 25.8 Å². The minimum Gasteiger partial charge on any atom is -0.462 e. The molecule has 0 bridgehead atoms. The van der Waals surface area contributed by atoms with Crippen molar-refractivity contribution in [2.24, 2.45) is 5.92 Å². The Hall–Kier alpha value is -3.23. The molecule has 0 radical (unpaired) electrons. The van der Waals surface area contributed by atoms with Crippen LogP contribution in [0.1, 0.15) is 38.9 Å². The highest BCUT2D eigenvalue weighted by molar-refractivity contribution is 7.73. The van der Waals surface area contributed by atoms with Crippen molar-refractivity contribution in [1.82, 2.24) is 0 Å². The SMILES string of the molecule is CC(C)OC(=O)C(/C=C/C(c1ccccc1)P(c1ccccc1)c1ccccc1)C(=O)OC(C)C. The van der Waals surface area contributed by atoms with E-state index in [2.05, 4.69) is 36.4 Å². The molecule has 3 aromatic carbocycles. The maximum Gasteiger partial charge on any atom is 0.324 e. The van der Waals surface area contributed by atoms with Gasteiger partial charge >= 0.3 is 11.9 Å². The van der Waals surface area contributed by atoms with E-state index in [1.54, 1.807) is 33.8 Å². The second-order valence-electron chi connectivity index (χ2n) is 8.73. The predicted molar refractivity (Wildman–Crippen MR) is 143 cm³/mol. The summed E-state index contributed by atoms with van der Waals surface area (Å²) in [5.74, 6) is -2.33. The Morgan fingerprint density at radius 1 is 0.629 bits per heavy atom. The predicted octanol–water partition coefficient (Wildman–Crippen LogP) is 5.94. The Balaban J connectivity index is 2.10. The Morgan fingerprint density at radius 2 is 1.03 bits per heavy atom. The van der Waals surface area contributed by atoms with Gasteiger partial charge in [0.25, 0.3) is 0 Å². The van der Waals surface area contributed by atoms with Crippen molar-refractivity contribution < 1.29 is 19.1 Å². The van der Waals surface area contributed by atoms with E-state index in [-0.39, 0.29) is 17.9 Å². The summed E-state index contributed by atoms with van der Waals surface area (Å²) in [6.07, 6.45) is 2.98. The van der Waals surface area contributed by atoms with Crippen LogP contribution >= 0.6 is 7.92 Å². The zero-order chi connectivity index (χ0) is 25.2. The van der Waals surface area contributed by atoms with E-state index in [4.69, 9.17) is 9.47 Å². The van der Waals surface area contributed by atoms with Gasteiger partial charge in [-0.15, -0.1) is 0 Å². The number of esters is 2. The minimum absolute atomic E-state index is 0.0720. The number of carbonyl (C=O) groups excluding carboxylic acids is 2. The van der Waals surface area contributed by atoms with E-state index in [0.29, 0.717) is 0 Å². The van der Waals surface area contributed by atoms with Crippen LogP contribution in [0.3, 0.4) is 0 Å². The van der Waals surface area contributed by atoms with Crippen LogP contribution in [-0.2, 0) is 19.1 Å². The molecule has 0 aliphatic heterocycles. The zero-order valence-electron chi connectivity index (χ0n) is 20.7. The van der Waals surface area contributed by atoms with Gasteiger partial charge in [0, 0.05) is 5.66 Å². The van der Waals surface area contributed by atoms with Crippen molar-refractivity contribution >= 4 is 30.5 Å². The average molecular weight is 489 g/mol. The van der Waals surface area contributed by atoms with Crippen LogP contribution in [0.2, 0.25) is 0 Å². The molecule has 0 aliphatic rings. The molecular formula is C30H33O4P. The van der Waals surface area contributed by atoms with E-state index in [1.807, 2.05) is 60.7 Å². The van der Waals surface area contributed by atoms with Crippen LogP contribution in [-0.4, -0.2) is 24.1 Å². The lowest BCUT2D eigenvalue weighted by atomic mass is 10.1. The fraction of sp³-hybridized carbons (Fsp3) is 0.267.